The van der Waals surface area contributed by atoms with E-state index in [-0.39, 0.29) is 5.78 Å². The molecule has 0 aliphatic carbocycles. The van der Waals surface area contributed by atoms with Gasteiger partial charge >= 0.3 is 0 Å². The van der Waals surface area contributed by atoms with E-state index in [1.165, 1.54) is 6.92 Å². The number of rotatable bonds is 4. The van der Waals surface area contributed by atoms with Gasteiger partial charge in [-0.1, -0.05) is 35.9 Å². The van der Waals surface area contributed by atoms with E-state index in [4.69, 9.17) is 0 Å². The maximum Gasteiger partial charge on any atom is 0.154 e. The Bertz CT molecular complexity index is 774. The summed E-state index contributed by atoms with van der Waals surface area (Å²) in [5.74, 6) is -0.261. The van der Waals surface area contributed by atoms with Crippen LogP contribution >= 0.6 is 0 Å². The van der Waals surface area contributed by atoms with Gasteiger partial charge in [0.25, 0.3) is 0 Å². The molecule has 3 nitrogen and oxygen atoms in total. The lowest BCUT2D eigenvalue weighted by atomic mass is 9.80. The van der Waals surface area contributed by atoms with Crippen molar-refractivity contribution in [1.29, 1.82) is 5.26 Å². The van der Waals surface area contributed by atoms with Crippen LogP contribution in [-0.4, -0.2) is 9.99 Å². The van der Waals surface area contributed by atoms with Crippen molar-refractivity contribution in [2.45, 2.75) is 36.0 Å². The van der Waals surface area contributed by atoms with Gasteiger partial charge in [-0.25, -0.2) is 4.21 Å². The van der Waals surface area contributed by atoms with E-state index in [1.54, 1.807) is 43.3 Å². The van der Waals surface area contributed by atoms with Gasteiger partial charge in [0.15, 0.2) is 5.78 Å². The average Bonchev–Trinajstić information content (AvgIpc) is 2.54. The van der Waals surface area contributed by atoms with Gasteiger partial charge in [-0.15, -0.1) is 0 Å². The van der Waals surface area contributed by atoms with E-state index in [0.717, 1.165) is 5.56 Å². The summed E-state index contributed by atoms with van der Waals surface area (Å²) in [5.41, 5.74) is 0.292. The summed E-state index contributed by atoms with van der Waals surface area (Å²) in [4.78, 5) is 13.1. The number of hydrogen-bond acceptors (Lipinski definition) is 3. The Morgan fingerprint density at radius 1 is 1.14 bits per heavy atom. The molecule has 0 saturated heterocycles. The molecule has 4 heteroatoms. The van der Waals surface area contributed by atoms with Gasteiger partial charge in [-0.2, -0.15) is 5.26 Å². The molecule has 0 bridgehead atoms. The zero-order valence-corrected chi connectivity index (χ0v) is 13.6. The van der Waals surface area contributed by atoms with E-state index in [0.29, 0.717) is 15.4 Å². The van der Waals surface area contributed by atoms with Crippen LogP contribution in [0, 0.1) is 18.3 Å². The first-order chi connectivity index (χ1) is 10.4. The maximum absolute atomic E-state index is 12.9. The second-order valence-electron chi connectivity index (χ2n) is 5.37. The van der Waals surface area contributed by atoms with Crippen LogP contribution in [0.25, 0.3) is 0 Å². The first kappa shape index (κ1) is 16.1. The molecule has 0 unspecified atom stereocenters. The second kappa shape index (κ2) is 6.25. The number of hydrogen-bond donors (Lipinski definition) is 0. The Kier molecular flexibility index (Phi) is 4.58. The number of nitrogens with zero attached hydrogens (tertiary/aromatic N) is 1. The molecular formula is C18H17NO2S. The molecule has 2 atom stereocenters. The summed E-state index contributed by atoms with van der Waals surface area (Å²) < 4.78 is 12.9. The lowest BCUT2D eigenvalue weighted by molar-refractivity contribution is -0.120. The molecule has 0 amide bonds. The summed E-state index contributed by atoms with van der Waals surface area (Å²) >= 11 is 0. The van der Waals surface area contributed by atoms with Gasteiger partial charge in [-0.3, -0.25) is 4.79 Å². The number of ketones is 1. The van der Waals surface area contributed by atoms with Crippen molar-refractivity contribution in [3.8, 4) is 6.07 Å². The van der Waals surface area contributed by atoms with Crippen LogP contribution in [0.3, 0.4) is 0 Å². The normalized spacial score (nSPS) is 14.6. The molecule has 0 radical (unpaired) electrons. The third-order valence-electron chi connectivity index (χ3n) is 3.79. The van der Waals surface area contributed by atoms with Gasteiger partial charge in [-0.05, 0) is 44.5 Å². The average molecular weight is 311 g/mol. The Balaban J connectivity index is 2.58. The molecule has 0 heterocycles. The fourth-order valence-corrected chi connectivity index (χ4v) is 3.47. The SMILES string of the molecule is CC(=O)[C@](C)(C#N)c1ccccc1[S@@](=O)c1ccc(C)cc1. The summed E-state index contributed by atoms with van der Waals surface area (Å²) in [7, 11) is -1.43. The smallest absolute Gasteiger partial charge is 0.154 e. The van der Waals surface area contributed by atoms with E-state index in [1.807, 2.05) is 19.1 Å². The van der Waals surface area contributed by atoms with Crippen LogP contribution in [0.15, 0.2) is 58.3 Å². The quantitative estimate of drug-likeness (QED) is 0.868. The standard InChI is InChI=1S/C18H17NO2S/c1-13-8-10-15(11-9-13)22(21)17-7-5-4-6-16(17)18(3,12-19)14(2)20/h4-11H,1-3H3/t18-,22-/m0/s1. The summed E-state index contributed by atoms with van der Waals surface area (Å²) in [6.07, 6.45) is 0. The molecule has 0 fully saturated rings. The van der Waals surface area contributed by atoms with Gasteiger partial charge < -0.3 is 0 Å². The van der Waals surface area contributed by atoms with Crippen LogP contribution in [0.5, 0.6) is 0 Å². The largest absolute Gasteiger partial charge is 0.298 e. The molecule has 0 saturated carbocycles. The second-order valence-corrected chi connectivity index (χ2v) is 6.82. The van der Waals surface area contributed by atoms with Crippen molar-refractivity contribution in [2.75, 3.05) is 0 Å². The molecule has 22 heavy (non-hydrogen) atoms. The Morgan fingerprint density at radius 2 is 1.73 bits per heavy atom. The van der Waals surface area contributed by atoms with Gasteiger partial charge in [0.05, 0.1) is 16.9 Å². The van der Waals surface area contributed by atoms with E-state index in [2.05, 4.69) is 6.07 Å². The summed E-state index contributed by atoms with van der Waals surface area (Å²) in [6.45, 7) is 4.92. The highest BCUT2D eigenvalue weighted by Crippen LogP contribution is 2.31. The molecule has 0 aliphatic heterocycles. The van der Waals surface area contributed by atoms with Gasteiger partial charge in [0.2, 0.25) is 0 Å². The number of aryl methyl sites for hydroxylation is 1. The fraction of sp³-hybridized carbons (Fsp3) is 0.222. The van der Waals surface area contributed by atoms with E-state index >= 15 is 0 Å². The van der Waals surface area contributed by atoms with Crippen LogP contribution in [0.2, 0.25) is 0 Å². The number of benzene rings is 2. The Morgan fingerprint density at radius 3 is 2.27 bits per heavy atom. The molecule has 0 N–H and O–H groups in total. The third-order valence-corrected chi connectivity index (χ3v) is 5.24. The minimum absolute atomic E-state index is 0.261. The number of carbonyl (C=O) groups excluding carboxylic acids is 1. The maximum atomic E-state index is 12.9. The van der Waals surface area contributed by atoms with Crippen molar-refractivity contribution in [3.05, 3.63) is 59.7 Å². The minimum atomic E-state index is -1.43. The third kappa shape index (κ3) is 2.86. The van der Waals surface area contributed by atoms with Crippen LogP contribution < -0.4 is 0 Å². The number of Topliss-reactive ketones (excluding diaryl/α,β-unsaturated/α-hetero) is 1. The first-order valence-electron chi connectivity index (χ1n) is 6.90. The van der Waals surface area contributed by atoms with Crippen LogP contribution in [-0.2, 0) is 21.0 Å². The first-order valence-corrected chi connectivity index (χ1v) is 8.05. The van der Waals surface area contributed by atoms with Crippen molar-refractivity contribution < 1.29 is 9.00 Å². The number of nitriles is 1. The predicted molar refractivity (Wildman–Crippen MR) is 85.9 cm³/mol. The Hall–Kier alpha value is -2.25. The molecule has 2 rings (SSSR count). The molecular weight excluding hydrogens is 294 g/mol. The minimum Gasteiger partial charge on any atom is -0.298 e. The lowest BCUT2D eigenvalue weighted by Gasteiger charge is -2.21. The van der Waals surface area contributed by atoms with Gasteiger partial charge in [0.1, 0.15) is 5.41 Å². The zero-order chi connectivity index (χ0) is 16.3. The predicted octanol–water partition coefficient (Wildman–Crippen LogP) is 3.53. The number of carbonyl (C=O) groups is 1. The highest BCUT2D eigenvalue weighted by Gasteiger charge is 2.35. The van der Waals surface area contributed by atoms with Crippen molar-refractivity contribution in [3.63, 3.8) is 0 Å². The van der Waals surface area contributed by atoms with E-state index in [9.17, 15) is 14.3 Å². The highest BCUT2D eigenvalue weighted by molar-refractivity contribution is 7.85. The van der Waals surface area contributed by atoms with E-state index < -0.39 is 16.2 Å². The zero-order valence-electron chi connectivity index (χ0n) is 12.8. The van der Waals surface area contributed by atoms with Crippen molar-refractivity contribution in [1.82, 2.24) is 0 Å². The molecule has 0 aliphatic rings. The summed E-state index contributed by atoms with van der Waals surface area (Å²) in [6, 6.07) is 16.4. The monoisotopic (exact) mass is 311 g/mol. The molecule has 0 spiro atoms. The highest BCUT2D eigenvalue weighted by atomic mass is 32.2. The lowest BCUT2D eigenvalue weighted by Crippen LogP contribution is -2.30. The molecule has 112 valence electrons. The molecule has 0 aromatic heterocycles. The van der Waals surface area contributed by atoms with Crippen molar-refractivity contribution >= 4 is 16.6 Å². The Labute approximate surface area is 133 Å². The molecule has 2 aromatic carbocycles. The van der Waals surface area contributed by atoms with Crippen LogP contribution in [0.4, 0.5) is 0 Å². The van der Waals surface area contributed by atoms with Crippen LogP contribution in [0.1, 0.15) is 25.0 Å². The van der Waals surface area contributed by atoms with Crippen molar-refractivity contribution in [2.24, 2.45) is 0 Å². The van der Waals surface area contributed by atoms with Gasteiger partial charge in [0, 0.05) is 9.79 Å². The fourth-order valence-electron chi connectivity index (χ4n) is 2.16. The summed E-state index contributed by atoms with van der Waals surface area (Å²) in [5, 5.41) is 9.45. The topological polar surface area (TPSA) is 57.9 Å². The molecule has 2 aromatic rings.